The highest BCUT2D eigenvalue weighted by Gasteiger charge is 2.39. The number of halogens is 1. The lowest BCUT2D eigenvalue weighted by Gasteiger charge is -2.36. The molecular formula is C30H36FN3O5. The lowest BCUT2D eigenvalue weighted by molar-refractivity contribution is -0.109. The molecule has 3 aromatic rings. The summed E-state index contributed by atoms with van der Waals surface area (Å²) in [6.07, 6.45) is 3.39. The number of pyridine rings is 2. The molecule has 2 N–H and O–H groups in total. The number of amides is 1. The molecule has 208 valence electrons. The summed E-state index contributed by atoms with van der Waals surface area (Å²) < 4.78 is 21.9. The summed E-state index contributed by atoms with van der Waals surface area (Å²) in [5, 5.41) is 14.3. The molecule has 0 fully saturated rings. The number of methoxy groups -OCH3 is 1. The average Bonchev–Trinajstić information content (AvgIpc) is 3.28. The first-order valence-corrected chi connectivity index (χ1v) is 13.2. The lowest BCUT2D eigenvalue weighted by Crippen LogP contribution is -2.32. The lowest BCUT2D eigenvalue weighted by atomic mass is 9.72. The van der Waals surface area contributed by atoms with E-state index in [0.29, 0.717) is 65.8 Å². The van der Waals surface area contributed by atoms with Crippen molar-refractivity contribution < 1.29 is 23.8 Å². The molecule has 2 atom stereocenters. The van der Waals surface area contributed by atoms with Crippen molar-refractivity contribution in [1.29, 1.82) is 0 Å². The van der Waals surface area contributed by atoms with E-state index in [1.54, 1.807) is 32.4 Å². The van der Waals surface area contributed by atoms with Crippen molar-refractivity contribution in [3.8, 4) is 11.4 Å². The van der Waals surface area contributed by atoms with Gasteiger partial charge in [-0.3, -0.25) is 9.59 Å². The number of carbonyl (C=O) groups excluding carboxylic acids is 2. The minimum absolute atomic E-state index is 0.109. The Labute approximate surface area is 227 Å². The van der Waals surface area contributed by atoms with E-state index in [9.17, 15) is 19.1 Å². The van der Waals surface area contributed by atoms with Gasteiger partial charge < -0.3 is 24.5 Å². The van der Waals surface area contributed by atoms with Crippen LogP contribution in [-0.4, -0.2) is 47.1 Å². The van der Waals surface area contributed by atoms with Crippen molar-refractivity contribution >= 4 is 23.6 Å². The van der Waals surface area contributed by atoms with Gasteiger partial charge >= 0.3 is 0 Å². The molecule has 3 heterocycles. The zero-order valence-electron chi connectivity index (χ0n) is 23.4. The van der Waals surface area contributed by atoms with Gasteiger partial charge in [0.1, 0.15) is 12.1 Å². The molecular weight excluding hydrogens is 501 g/mol. The highest BCUT2D eigenvalue weighted by atomic mass is 19.1. The van der Waals surface area contributed by atoms with Crippen LogP contribution in [0.25, 0.3) is 22.3 Å². The first kappa shape index (κ1) is 28.6. The van der Waals surface area contributed by atoms with Gasteiger partial charge in [-0.05, 0) is 68.4 Å². The van der Waals surface area contributed by atoms with E-state index in [-0.39, 0.29) is 23.9 Å². The molecule has 39 heavy (non-hydrogen) atoms. The van der Waals surface area contributed by atoms with Crippen LogP contribution in [0.15, 0.2) is 16.9 Å². The summed E-state index contributed by atoms with van der Waals surface area (Å²) in [6.45, 7) is 7.73. The van der Waals surface area contributed by atoms with Gasteiger partial charge in [-0.1, -0.05) is 6.92 Å². The monoisotopic (exact) mass is 537 g/mol. The van der Waals surface area contributed by atoms with Crippen LogP contribution < -0.4 is 10.9 Å². The molecule has 1 amide bonds. The number of carbonyl (C=O) groups is 2. The summed E-state index contributed by atoms with van der Waals surface area (Å²) in [5.41, 5.74) is 5.12. The van der Waals surface area contributed by atoms with E-state index < -0.39 is 11.5 Å². The third kappa shape index (κ3) is 4.78. The molecule has 0 saturated carbocycles. The van der Waals surface area contributed by atoms with Crippen molar-refractivity contribution in [2.24, 2.45) is 0 Å². The van der Waals surface area contributed by atoms with Crippen molar-refractivity contribution in [2.45, 2.75) is 77.5 Å². The second-order valence-corrected chi connectivity index (χ2v) is 10.8. The van der Waals surface area contributed by atoms with Crippen molar-refractivity contribution in [2.75, 3.05) is 14.2 Å². The van der Waals surface area contributed by atoms with Gasteiger partial charge in [0.2, 0.25) is 6.41 Å². The first-order valence-electron chi connectivity index (χ1n) is 13.2. The number of rotatable bonds is 7. The fraction of sp³-hybridized carbons (Fsp3) is 0.467. The van der Waals surface area contributed by atoms with Crippen molar-refractivity contribution in [3.63, 3.8) is 0 Å². The molecule has 0 spiro atoms. The van der Waals surface area contributed by atoms with Gasteiger partial charge in [-0.2, -0.15) is 0 Å². The topological polar surface area (TPSA) is 111 Å². The van der Waals surface area contributed by atoms with E-state index in [0.717, 1.165) is 28.4 Å². The number of aromatic nitrogens is 2. The Balaban J connectivity index is 0.000000826. The molecule has 8 nitrogen and oxygen atoms in total. The number of fused-ring (bicyclic) bond motifs is 4. The normalized spacial score (nSPS) is 16.2. The third-order valence-electron chi connectivity index (χ3n) is 8.03. The number of aliphatic hydroxyl groups is 1. The number of nitrogens with one attached hydrogen (secondary N) is 1. The van der Waals surface area contributed by atoms with Crippen LogP contribution in [0.3, 0.4) is 0 Å². The van der Waals surface area contributed by atoms with Crippen LogP contribution in [0.1, 0.15) is 78.8 Å². The standard InChI is InChI=1S/C28H31FN2O4.C2H5NO/c1-6-15(12-32)17-9-23-26-18(11-31(23)27(33)19(17)13-35-5)24-20(28(3,4)34)8-7-16-14(2)21(29)10-22(30-26)25(16)24;1-3-2-4/h9-10,12,15,20,34H,6-8,11,13H2,1-5H3;2H,1H3,(H,3,4). The zero-order valence-corrected chi connectivity index (χ0v) is 23.4. The van der Waals surface area contributed by atoms with E-state index in [1.165, 1.54) is 13.2 Å². The summed E-state index contributed by atoms with van der Waals surface area (Å²) in [6, 6.07) is 3.34. The molecule has 1 aromatic carbocycles. The Bertz CT molecular complexity index is 1510. The maximum atomic E-state index is 14.9. The number of nitrogens with zero attached hydrogens (tertiary/aromatic N) is 2. The SMILES string of the molecule is CCC(C=O)c1cc2n(c(=O)c1COC)Cc1c-2nc2cc(F)c(C)c3c2c1C(C(C)(C)O)CC3.CNC=O. The van der Waals surface area contributed by atoms with Gasteiger partial charge in [0.15, 0.2) is 0 Å². The maximum absolute atomic E-state index is 14.9. The molecule has 9 heteroatoms. The summed E-state index contributed by atoms with van der Waals surface area (Å²) in [5.74, 6) is -0.913. The van der Waals surface area contributed by atoms with Gasteiger partial charge in [-0.25, -0.2) is 9.37 Å². The number of aldehydes is 1. The van der Waals surface area contributed by atoms with Crippen LogP contribution in [0.4, 0.5) is 4.39 Å². The molecule has 0 saturated heterocycles. The Morgan fingerprint density at radius 1 is 1.31 bits per heavy atom. The Kier molecular flexibility index (Phi) is 8.04. The van der Waals surface area contributed by atoms with Crippen LogP contribution in [0.5, 0.6) is 0 Å². The second kappa shape index (κ2) is 11.0. The van der Waals surface area contributed by atoms with E-state index in [4.69, 9.17) is 14.5 Å². The molecule has 2 aliphatic rings. The summed E-state index contributed by atoms with van der Waals surface area (Å²) in [4.78, 5) is 39.5. The summed E-state index contributed by atoms with van der Waals surface area (Å²) in [7, 11) is 3.09. The molecule has 0 radical (unpaired) electrons. The smallest absolute Gasteiger partial charge is 0.257 e. The minimum Gasteiger partial charge on any atom is -0.390 e. The van der Waals surface area contributed by atoms with Crippen LogP contribution in [-0.2, 0) is 33.9 Å². The number of ether oxygens (including phenoxy) is 1. The largest absolute Gasteiger partial charge is 0.390 e. The van der Waals surface area contributed by atoms with Gasteiger partial charge in [0.25, 0.3) is 5.56 Å². The van der Waals surface area contributed by atoms with E-state index in [1.807, 2.05) is 13.0 Å². The third-order valence-corrected chi connectivity index (χ3v) is 8.03. The molecule has 0 bridgehead atoms. The van der Waals surface area contributed by atoms with E-state index in [2.05, 4.69) is 5.32 Å². The van der Waals surface area contributed by atoms with Crippen molar-refractivity contribution in [1.82, 2.24) is 14.9 Å². The molecule has 5 rings (SSSR count). The minimum atomic E-state index is -1.00. The van der Waals surface area contributed by atoms with E-state index >= 15 is 0 Å². The molecule has 2 aromatic heterocycles. The van der Waals surface area contributed by atoms with Crippen molar-refractivity contribution in [3.05, 3.63) is 61.7 Å². The Morgan fingerprint density at radius 2 is 2.00 bits per heavy atom. The van der Waals surface area contributed by atoms with Crippen LogP contribution in [0.2, 0.25) is 0 Å². The average molecular weight is 538 g/mol. The summed E-state index contributed by atoms with van der Waals surface area (Å²) >= 11 is 0. The second-order valence-electron chi connectivity index (χ2n) is 10.8. The molecule has 2 unspecified atom stereocenters. The predicted octanol–water partition coefficient (Wildman–Crippen LogP) is 3.87. The fourth-order valence-corrected chi connectivity index (χ4v) is 6.08. The molecule has 1 aliphatic carbocycles. The first-order chi connectivity index (χ1) is 18.5. The van der Waals surface area contributed by atoms with Crippen LogP contribution in [0, 0.1) is 12.7 Å². The predicted molar refractivity (Wildman–Crippen MR) is 148 cm³/mol. The Morgan fingerprint density at radius 3 is 2.56 bits per heavy atom. The zero-order chi connectivity index (χ0) is 28.6. The Hall–Kier alpha value is -3.43. The number of benzene rings is 1. The van der Waals surface area contributed by atoms with Gasteiger partial charge in [0, 0.05) is 48.6 Å². The maximum Gasteiger partial charge on any atom is 0.257 e. The highest BCUT2D eigenvalue weighted by molar-refractivity contribution is 5.93. The van der Waals surface area contributed by atoms with Crippen LogP contribution >= 0.6 is 0 Å². The quantitative estimate of drug-likeness (QED) is 0.346. The van der Waals surface area contributed by atoms with Gasteiger partial charge in [-0.15, -0.1) is 0 Å². The fourth-order valence-electron chi connectivity index (χ4n) is 6.08. The molecule has 1 aliphatic heterocycles. The van der Waals surface area contributed by atoms with Gasteiger partial charge in [0.05, 0.1) is 35.7 Å². The number of hydrogen-bond acceptors (Lipinski definition) is 6. The number of aryl methyl sites for hydroxylation is 1. The number of hydrogen-bond donors (Lipinski definition) is 2. The highest BCUT2D eigenvalue weighted by Crippen LogP contribution is 2.48.